The van der Waals surface area contributed by atoms with Crippen molar-refractivity contribution in [2.24, 2.45) is 0 Å². The number of fused-ring (bicyclic) bond motifs is 2. The average Bonchev–Trinajstić information content (AvgIpc) is 3.62. The number of unbranched alkanes of at least 4 members (excludes halogenated alkanes) is 2. The number of benzene rings is 4. The standard InChI is InChI=1S/2C23H29Si.C2H4.2ClH.Zr/c2*1-6-7-8-18-15-22-17(2)9-14-21(23(22)16-18)19-10-12-20(13-11-19)24(3,4)5;1-2;;;/h2*9-16H,6-8H2,1-5H3;1-2H2;2*1H;/q;;;;;+2/p-2. The molecule has 280 valence electrons. The Morgan fingerprint density at radius 3 is 1.19 bits per heavy atom. The van der Waals surface area contributed by atoms with E-state index >= 15 is 0 Å². The van der Waals surface area contributed by atoms with E-state index in [-0.39, 0.29) is 24.8 Å². The minimum Gasteiger partial charge on any atom is -1.00 e. The number of rotatable bonds is 12. The second-order valence-corrected chi connectivity index (χ2v) is 39.9. The molecule has 0 radical (unpaired) electrons. The van der Waals surface area contributed by atoms with Gasteiger partial charge in [0.1, 0.15) is 0 Å². The van der Waals surface area contributed by atoms with Crippen molar-refractivity contribution in [3.05, 3.63) is 117 Å². The Kier molecular flexibility index (Phi) is 13.1. The molecule has 0 bridgehead atoms. The molecule has 0 N–H and O–H groups in total. The molecule has 2 aliphatic carbocycles. The van der Waals surface area contributed by atoms with E-state index in [0.717, 1.165) is 0 Å². The minimum atomic E-state index is -2.87. The molecule has 0 amide bonds. The van der Waals surface area contributed by atoms with Gasteiger partial charge in [0.2, 0.25) is 0 Å². The van der Waals surface area contributed by atoms with E-state index in [1.165, 1.54) is 80.2 Å². The van der Waals surface area contributed by atoms with Crippen LogP contribution in [-0.4, -0.2) is 16.1 Å². The van der Waals surface area contributed by atoms with Gasteiger partial charge in [0, 0.05) is 0 Å². The molecule has 7 rings (SSSR count). The first-order valence-corrected chi connectivity index (χ1v) is 33.5. The van der Waals surface area contributed by atoms with Crippen molar-refractivity contribution in [1.82, 2.24) is 0 Å². The van der Waals surface area contributed by atoms with Crippen LogP contribution < -0.4 is 35.2 Å². The van der Waals surface area contributed by atoms with Crippen LogP contribution in [0.5, 0.6) is 0 Å². The topological polar surface area (TPSA) is 0 Å². The van der Waals surface area contributed by atoms with Crippen LogP contribution in [0.25, 0.3) is 34.4 Å². The summed E-state index contributed by atoms with van der Waals surface area (Å²) >= 11 is -2.87. The number of hydrogen-bond donors (Lipinski definition) is 0. The number of hydrogen-bond acceptors (Lipinski definition) is 0. The van der Waals surface area contributed by atoms with E-state index < -0.39 is 36.4 Å². The Balaban J connectivity index is 0.00000271. The molecule has 1 heterocycles. The van der Waals surface area contributed by atoms with Gasteiger partial charge in [-0.15, -0.1) is 0 Å². The molecule has 5 heteroatoms. The largest absolute Gasteiger partial charge is 1.00 e. The van der Waals surface area contributed by atoms with Gasteiger partial charge in [0.05, 0.1) is 0 Å². The van der Waals surface area contributed by atoms with Crippen molar-refractivity contribution in [2.75, 3.05) is 0 Å². The third-order valence-electron chi connectivity index (χ3n) is 12.7. The molecule has 2 atom stereocenters. The molecule has 1 fully saturated rings. The van der Waals surface area contributed by atoms with E-state index in [1.807, 2.05) is 0 Å². The summed E-state index contributed by atoms with van der Waals surface area (Å²) in [5, 5.41) is 3.10. The zero-order valence-corrected chi connectivity index (χ0v) is 40.1. The van der Waals surface area contributed by atoms with Crippen molar-refractivity contribution in [3.8, 4) is 22.3 Å². The van der Waals surface area contributed by atoms with Gasteiger partial charge in [-0.3, -0.25) is 0 Å². The SMILES string of the molecule is CCCCC1=Cc2c(-c3ccc([Si](C)(C)C)cc3)ccc(C)c2[CH]1[Zr+2]1([CH]2C(CCCC)=Cc3c(-c4ccc([Si](C)(C)C)cc4)ccc(C)c32)[CH2][CH2]1.[Cl-].[Cl-]. The maximum Gasteiger partial charge on any atom is -1.00 e. The summed E-state index contributed by atoms with van der Waals surface area (Å²) in [6, 6.07) is 29.3. The molecule has 1 saturated heterocycles. The van der Waals surface area contributed by atoms with Crippen LogP contribution in [0.1, 0.15) is 93.0 Å². The van der Waals surface area contributed by atoms with Crippen molar-refractivity contribution in [3.63, 3.8) is 0 Å². The molecule has 2 unspecified atom stereocenters. The van der Waals surface area contributed by atoms with Crippen molar-refractivity contribution in [2.45, 2.75) is 121 Å². The molecule has 0 nitrogen and oxygen atoms in total. The van der Waals surface area contributed by atoms with Crippen LogP contribution in [0.15, 0.2) is 83.9 Å². The van der Waals surface area contributed by atoms with Crippen LogP contribution in [0.3, 0.4) is 0 Å². The molecule has 0 saturated carbocycles. The van der Waals surface area contributed by atoms with Gasteiger partial charge >= 0.3 is 320 Å². The molecule has 0 aromatic heterocycles. The maximum atomic E-state index is 2.73. The van der Waals surface area contributed by atoms with Gasteiger partial charge < -0.3 is 24.8 Å². The molecule has 4 aromatic carbocycles. The van der Waals surface area contributed by atoms with Gasteiger partial charge in [-0.25, -0.2) is 0 Å². The fourth-order valence-electron chi connectivity index (χ4n) is 9.68. The van der Waals surface area contributed by atoms with E-state index in [4.69, 9.17) is 0 Å². The quantitative estimate of drug-likeness (QED) is 0.128. The number of aryl methyl sites for hydroxylation is 2. The Labute approximate surface area is 341 Å². The fraction of sp³-hybridized carbons (Fsp3) is 0.417. The molecule has 4 aromatic rings. The second kappa shape index (κ2) is 16.4. The van der Waals surface area contributed by atoms with Gasteiger partial charge in [0.25, 0.3) is 0 Å². The number of allylic oxidation sites excluding steroid dienone is 2. The molecule has 0 spiro atoms. The van der Waals surface area contributed by atoms with Crippen LogP contribution in [-0.2, 0) is 20.3 Å². The summed E-state index contributed by atoms with van der Waals surface area (Å²) in [6.07, 6.45) is 13.1. The predicted molar refractivity (Wildman–Crippen MR) is 229 cm³/mol. The normalized spacial score (nSPS) is 17.8. The molecular weight excluding hydrogens is 795 g/mol. The van der Waals surface area contributed by atoms with E-state index in [2.05, 4.69) is 152 Å². The Morgan fingerprint density at radius 1 is 0.528 bits per heavy atom. The third-order valence-corrected chi connectivity index (χ3v) is 29.8. The van der Waals surface area contributed by atoms with Crippen LogP contribution in [0.4, 0.5) is 0 Å². The monoisotopic (exact) mass is 854 g/mol. The zero-order chi connectivity index (χ0) is 36.3. The number of halogens is 2. The second-order valence-electron chi connectivity index (χ2n) is 18.4. The summed E-state index contributed by atoms with van der Waals surface area (Å²) in [5.41, 5.74) is 19.0. The molecule has 3 aliphatic rings. The predicted octanol–water partition coefficient (Wildman–Crippen LogP) is 7.70. The van der Waals surface area contributed by atoms with Crippen LogP contribution in [0.2, 0.25) is 47.5 Å². The van der Waals surface area contributed by atoms with E-state index in [0.29, 0.717) is 7.25 Å². The van der Waals surface area contributed by atoms with E-state index in [1.54, 1.807) is 43.8 Å². The molecular formula is C48H62Cl2Si2Zr. The van der Waals surface area contributed by atoms with Crippen LogP contribution >= 0.6 is 0 Å². The van der Waals surface area contributed by atoms with Crippen molar-refractivity contribution >= 4 is 38.7 Å². The first-order chi connectivity index (χ1) is 24.3. The Bertz CT molecular complexity index is 1860. The van der Waals surface area contributed by atoms with Crippen LogP contribution in [0, 0.1) is 13.8 Å². The zero-order valence-electron chi connectivity index (χ0n) is 34.2. The summed E-state index contributed by atoms with van der Waals surface area (Å²) in [5.74, 6) is 0. The van der Waals surface area contributed by atoms with Crippen molar-refractivity contribution < 1.29 is 45.1 Å². The molecule has 1 aliphatic heterocycles. The fourth-order valence-corrected chi connectivity index (χ4v) is 30.0. The summed E-state index contributed by atoms with van der Waals surface area (Å²) < 4.78 is 4.45. The summed E-state index contributed by atoms with van der Waals surface area (Å²) in [4.78, 5) is 0. The van der Waals surface area contributed by atoms with Gasteiger partial charge in [-0.1, -0.05) is 0 Å². The molecule has 53 heavy (non-hydrogen) atoms. The van der Waals surface area contributed by atoms with Gasteiger partial charge in [-0.05, 0) is 0 Å². The maximum absolute atomic E-state index is 2.87. The first kappa shape index (κ1) is 42.4. The summed E-state index contributed by atoms with van der Waals surface area (Å²) in [6.45, 7) is 24.4. The van der Waals surface area contributed by atoms with Gasteiger partial charge in [-0.2, -0.15) is 0 Å². The first-order valence-electron chi connectivity index (χ1n) is 20.2. The smallest absolute Gasteiger partial charge is 1.00 e. The Morgan fingerprint density at radius 2 is 0.887 bits per heavy atom. The van der Waals surface area contributed by atoms with Gasteiger partial charge in [0.15, 0.2) is 0 Å². The minimum absolute atomic E-state index is 0. The van der Waals surface area contributed by atoms with Crippen molar-refractivity contribution in [1.29, 1.82) is 0 Å². The Hall–Kier alpha value is -1.74. The van der Waals surface area contributed by atoms with E-state index in [9.17, 15) is 0 Å². The summed E-state index contributed by atoms with van der Waals surface area (Å²) in [7, 11) is -2.70. The average molecular weight is 857 g/mol. The third kappa shape index (κ3) is 7.96.